The van der Waals surface area contributed by atoms with Crippen molar-refractivity contribution in [2.24, 2.45) is 5.73 Å². The van der Waals surface area contributed by atoms with E-state index in [2.05, 4.69) is 0 Å². The third-order valence-electron chi connectivity index (χ3n) is 2.03. The van der Waals surface area contributed by atoms with Gasteiger partial charge in [0.05, 0.1) is 11.1 Å². The van der Waals surface area contributed by atoms with Crippen molar-refractivity contribution in [2.45, 2.75) is 18.9 Å². The SMILES string of the molecule is N#Cc1c(CN)cccc1C(F)(F)F.O=C(O)C(F)(F)F. The van der Waals surface area contributed by atoms with Gasteiger partial charge in [-0.25, -0.2) is 4.79 Å². The molecule has 116 valence electrons. The van der Waals surface area contributed by atoms with Crippen LogP contribution in [0, 0.1) is 11.3 Å². The molecule has 0 amide bonds. The van der Waals surface area contributed by atoms with Crippen LogP contribution in [0.3, 0.4) is 0 Å². The van der Waals surface area contributed by atoms with Gasteiger partial charge in [-0.15, -0.1) is 0 Å². The van der Waals surface area contributed by atoms with E-state index in [1.165, 1.54) is 18.2 Å². The molecule has 0 atom stereocenters. The molecule has 1 aromatic rings. The van der Waals surface area contributed by atoms with Crippen LogP contribution in [-0.4, -0.2) is 17.3 Å². The van der Waals surface area contributed by atoms with Crippen molar-refractivity contribution in [3.05, 3.63) is 34.9 Å². The topological polar surface area (TPSA) is 87.1 Å². The van der Waals surface area contributed by atoms with Gasteiger partial charge in [0, 0.05) is 6.54 Å². The molecule has 0 saturated carbocycles. The van der Waals surface area contributed by atoms with Gasteiger partial charge >= 0.3 is 18.3 Å². The van der Waals surface area contributed by atoms with Gasteiger partial charge in [-0.3, -0.25) is 0 Å². The van der Waals surface area contributed by atoms with Crippen LogP contribution < -0.4 is 5.73 Å². The van der Waals surface area contributed by atoms with Crippen molar-refractivity contribution in [1.29, 1.82) is 5.26 Å². The smallest absolute Gasteiger partial charge is 0.475 e. The van der Waals surface area contributed by atoms with Crippen LogP contribution in [0.25, 0.3) is 0 Å². The number of rotatable bonds is 1. The van der Waals surface area contributed by atoms with Crippen molar-refractivity contribution < 1.29 is 36.2 Å². The summed E-state index contributed by atoms with van der Waals surface area (Å²) in [6.07, 6.45) is -9.59. The summed E-state index contributed by atoms with van der Waals surface area (Å²) in [5.74, 6) is -2.76. The van der Waals surface area contributed by atoms with Gasteiger partial charge in [0.1, 0.15) is 6.07 Å². The van der Waals surface area contributed by atoms with Crippen molar-refractivity contribution in [1.82, 2.24) is 0 Å². The number of nitrogens with two attached hydrogens (primary N) is 1. The molecule has 0 bridgehead atoms. The molecule has 0 aliphatic carbocycles. The number of carbonyl (C=O) groups is 1. The fourth-order valence-corrected chi connectivity index (χ4v) is 1.14. The molecule has 10 heteroatoms. The molecule has 4 nitrogen and oxygen atoms in total. The van der Waals surface area contributed by atoms with Crippen molar-refractivity contribution in [3.8, 4) is 6.07 Å². The van der Waals surface area contributed by atoms with Crippen LogP contribution in [0.5, 0.6) is 0 Å². The summed E-state index contributed by atoms with van der Waals surface area (Å²) in [6.45, 7) is -0.0766. The van der Waals surface area contributed by atoms with Gasteiger partial charge in [-0.1, -0.05) is 12.1 Å². The number of hydrogen-bond acceptors (Lipinski definition) is 3. The Labute approximate surface area is 114 Å². The van der Waals surface area contributed by atoms with Gasteiger partial charge in [-0.2, -0.15) is 31.6 Å². The Morgan fingerprint density at radius 1 is 1.24 bits per heavy atom. The van der Waals surface area contributed by atoms with Crippen LogP contribution in [0.4, 0.5) is 26.3 Å². The summed E-state index contributed by atoms with van der Waals surface area (Å²) >= 11 is 0. The standard InChI is InChI=1S/C9H7F3N2.C2HF3O2/c10-9(11,12)8-3-1-2-6(4-13)7(8)5-14;3-2(4,5)1(6)7/h1-3H,4,13H2;(H,6,7). The zero-order chi connectivity index (χ0) is 16.8. The molecule has 0 aliphatic heterocycles. The molecule has 1 rings (SSSR count). The highest BCUT2D eigenvalue weighted by Crippen LogP contribution is 2.32. The minimum atomic E-state index is -5.08. The van der Waals surface area contributed by atoms with E-state index in [0.717, 1.165) is 6.07 Å². The predicted molar refractivity (Wildman–Crippen MR) is 57.7 cm³/mol. The monoisotopic (exact) mass is 314 g/mol. The quantitative estimate of drug-likeness (QED) is 0.780. The predicted octanol–water partition coefficient (Wildman–Crippen LogP) is 2.67. The van der Waals surface area contributed by atoms with Gasteiger partial charge in [-0.05, 0) is 11.6 Å². The lowest BCUT2D eigenvalue weighted by Crippen LogP contribution is -2.21. The Hall–Kier alpha value is -2.28. The van der Waals surface area contributed by atoms with Gasteiger partial charge in [0.25, 0.3) is 0 Å². The molecule has 0 aromatic heterocycles. The third kappa shape index (κ3) is 5.70. The molecule has 0 unspecified atom stereocenters. The fourth-order valence-electron chi connectivity index (χ4n) is 1.14. The average Bonchev–Trinajstić information content (AvgIpc) is 2.36. The van der Waals surface area contributed by atoms with Crippen LogP contribution in [-0.2, 0) is 17.5 Å². The van der Waals surface area contributed by atoms with Crippen molar-refractivity contribution >= 4 is 5.97 Å². The molecule has 0 aliphatic rings. The van der Waals surface area contributed by atoms with Crippen LogP contribution in [0.1, 0.15) is 16.7 Å². The molecule has 1 aromatic carbocycles. The summed E-state index contributed by atoms with van der Waals surface area (Å²) in [4.78, 5) is 8.90. The summed E-state index contributed by atoms with van der Waals surface area (Å²) in [5, 5.41) is 15.7. The Bertz CT molecular complexity index is 545. The van der Waals surface area contributed by atoms with Gasteiger partial charge in [0.15, 0.2) is 0 Å². The van der Waals surface area contributed by atoms with Crippen molar-refractivity contribution in [3.63, 3.8) is 0 Å². The highest BCUT2D eigenvalue weighted by molar-refractivity contribution is 5.73. The number of hydrogen-bond donors (Lipinski definition) is 2. The minimum Gasteiger partial charge on any atom is -0.475 e. The summed E-state index contributed by atoms with van der Waals surface area (Å²) < 4.78 is 68.8. The summed E-state index contributed by atoms with van der Waals surface area (Å²) in [5.41, 5.74) is 4.12. The van der Waals surface area contributed by atoms with E-state index < -0.39 is 23.9 Å². The maximum Gasteiger partial charge on any atom is 0.490 e. The second-order valence-corrected chi connectivity index (χ2v) is 3.46. The lowest BCUT2D eigenvalue weighted by Gasteiger charge is -2.10. The second kappa shape index (κ2) is 6.94. The molecule has 0 spiro atoms. The Morgan fingerprint density at radius 3 is 2.00 bits per heavy atom. The maximum atomic E-state index is 12.4. The first-order valence-electron chi connectivity index (χ1n) is 5.04. The van der Waals surface area contributed by atoms with E-state index in [9.17, 15) is 26.3 Å². The van der Waals surface area contributed by atoms with Crippen LogP contribution in [0.2, 0.25) is 0 Å². The second-order valence-electron chi connectivity index (χ2n) is 3.46. The number of carboxylic acids is 1. The van der Waals surface area contributed by atoms with E-state index in [0.29, 0.717) is 0 Å². The number of alkyl halides is 6. The molecular weight excluding hydrogens is 306 g/mol. The number of nitrogens with zero attached hydrogens (tertiary/aromatic N) is 1. The molecule has 0 radical (unpaired) electrons. The average molecular weight is 314 g/mol. The number of carboxylic acid groups (broad SMARTS) is 1. The Kier molecular flexibility index (Phi) is 6.19. The lowest BCUT2D eigenvalue weighted by atomic mass is 10.0. The molecule has 3 N–H and O–H groups in total. The van der Waals surface area contributed by atoms with E-state index >= 15 is 0 Å². The highest BCUT2D eigenvalue weighted by atomic mass is 19.4. The van der Waals surface area contributed by atoms with E-state index in [1.54, 1.807) is 0 Å². The molecular formula is C11H8F6N2O2. The lowest BCUT2D eigenvalue weighted by molar-refractivity contribution is -0.192. The highest BCUT2D eigenvalue weighted by Gasteiger charge is 2.38. The fraction of sp³-hybridized carbons (Fsp3) is 0.273. The van der Waals surface area contributed by atoms with Crippen LogP contribution in [0.15, 0.2) is 18.2 Å². The molecule has 0 heterocycles. The van der Waals surface area contributed by atoms with E-state index in [1.807, 2.05) is 0 Å². The zero-order valence-corrected chi connectivity index (χ0v) is 10.1. The molecule has 21 heavy (non-hydrogen) atoms. The Balaban J connectivity index is 0.000000486. The summed E-state index contributed by atoms with van der Waals surface area (Å²) in [7, 11) is 0. The van der Waals surface area contributed by atoms with Crippen LogP contribution >= 0.6 is 0 Å². The van der Waals surface area contributed by atoms with Gasteiger partial charge in [0.2, 0.25) is 0 Å². The first-order valence-corrected chi connectivity index (χ1v) is 5.04. The first kappa shape index (κ1) is 18.7. The number of aliphatic carboxylic acids is 1. The maximum absolute atomic E-state index is 12.4. The zero-order valence-electron chi connectivity index (χ0n) is 10.1. The van der Waals surface area contributed by atoms with Crippen molar-refractivity contribution in [2.75, 3.05) is 0 Å². The molecule has 0 fully saturated rings. The first-order chi connectivity index (χ1) is 9.45. The van der Waals surface area contributed by atoms with Gasteiger partial charge < -0.3 is 10.8 Å². The number of nitriles is 1. The Morgan fingerprint density at radius 2 is 1.71 bits per heavy atom. The summed E-state index contributed by atoms with van der Waals surface area (Å²) in [6, 6.07) is 5.05. The van der Waals surface area contributed by atoms with E-state index in [4.69, 9.17) is 20.9 Å². The van der Waals surface area contributed by atoms with E-state index in [-0.39, 0.29) is 17.7 Å². The third-order valence-corrected chi connectivity index (χ3v) is 2.03. The number of halogens is 6. The largest absolute Gasteiger partial charge is 0.490 e. The minimum absolute atomic E-state index is 0.0766. The number of benzene rings is 1. The normalized spacial score (nSPS) is 11.1. The molecule has 0 saturated heterocycles.